The Kier molecular flexibility index (Phi) is 8.85. The van der Waals surface area contributed by atoms with Crippen molar-refractivity contribution >= 4 is 39.1 Å². The minimum Gasteiger partial charge on any atom is -0.352 e. The van der Waals surface area contributed by atoms with Crippen LogP contribution in [0.1, 0.15) is 31.9 Å². The topological polar surface area (TPSA) is 86.8 Å². The van der Waals surface area contributed by atoms with Crippen LogP contribution in [0.15, 0.2) is 42.5 Å². The summed E-state index contributed by atoms with van der Waals surface area (Å²) in [5, 5.41) is 3.16. The van der Waals surface area contributed by atoms with Gasteiger partial charge in [0, 0.05) is 23.2 Å². The van der Waals surface area contributed by atoms with Crippen LogP contribution in [-0.2, 0) is 26.2 Å². The highest BCUT2D eigenvalue weighted by atomic mass is 35.5. The van der Waals surface area contributed by atoms with Gasteiger partial charge in [0.05, 0.1) is 11.9 Å². The van der Waals surface area contributed by atoms with Gasteiger partial charge in [0.1, 0.15) is 18.4 Å². The number of carbonyl (C=O) groups excluding carboxylic acids is 2. The van der Waals surface area contributed by atoms with Gasteiger partial charge in [0.25, 0.3) is 0 Å². The van der Waals surface area contributed by atoms with Gasteiger partial charge in [-0.3, -0.25) is 13.9 Å². The summed E-state index contributed by atoms with van der Waals surface area (Å²) in [6.45, 7) is 6.00. The number of rotatable bonds is 9. The van der Waals surface area contributed by atoms with E-state index in [-0.39, 0.29) is 18.2 Å². The Morgan fingerprint density at radius 3 is 2.30 bits per heavy atom. The third-order valence-electron chi connectivity index (χ3n) is 5.00. The molecule has 2 aromatic rings. The van der Waals surface area contributed by atoms with Crippen molar-refractivity contribution in [1.29, 1.82) is 0 Å². The standard InChI is InChI=1S/C23H29ClFN3O4S/c1-15(2)26-23(30)17(4)27(13-18-8-6-7-9-20(18)25)22(29)14-28(33(5,31)32)21-11-10-19(24)12-16(21)3/h6-12,15,17H,13-14H2,1-5H3,(H,26,30)/t17-/m0/s1. The molecule has 33 heavy (non-hydrogen) atoms. The number of nitrogens with one attached hydrogen (secondary N) is 1. The molecule has 0 heterocycles. The van der Waals surface area contributed by atoms with Crippen molar-refractivity contribution in [3.8, 4) is 0 Å². The zero-order chi connectivity index (χ0) is 24.9. The van der Waals surface area contributed by atoms with E-state index in [0.717, 1.165) is 10.6 Å². The van der Waals surface area contributed by atoms with Crippen LogP contribution in [0.4, 0.5) is 10.1 Å². The maximum atomic E-state index is 14.3. The molecule has 0 spiro atoms. The molecule has 180 valence electrons. The van der Waals surface area contributed by atoms with Crippen molar-refractivity contribution in [3.05, 3.63) is 64.4 Å². The van der Waals surface area contributed by atoms with Crippen LogP contribution in [-0.4, -0.2) is 50.0 Å². The molecule has 0 radical (unpaired) electrons. The summed E-state index contributed by atoms with van der Waals surface area (Å²) < 4.78 is 40.4. The first-order chi connectivity index (χ1) is 15.3. The molecule has 10 heteroatoms. The van der Waals surface area contributed by atoms with Gasteiger partial charge >= 0.3 is 0 Å². The highest BCUT2D eigenvalue weighted by Crippen LogP contribution is 2.26. The number of benzene rings is 2. The number of hydrogen-bond acceptors (Lipinski definition) is 4. The summed E-state index contributed by atoms with van der Waals surface area (Å²) in [6.07, 6.45) is 0.991. The lowest BCUT2D eigenvalue weighted by atomic mass is 10.1. The van der Waals surface area contributed by atoms with Crippen molar-refractivity contribution in [1.82, 2.24) is 10.2 Å². The molecule has 0 saturated carbocycles. The predicted molar refractivity (Wildman–Crippen MR) is 128 cm³/mol. The molecule has 2 rings (SSSR count). The lowest BCUT2D eigenvalue weighted by molar-refractivity contribution is -0.139. The Morgan fingerprint density at radius 1 is 1.12 bits per heavy atom. The van der Waals surface area contributed by atoms with Crippen LogP contribution in [0.25, 0.3) is 0 Å². The molecule has 0 aromatic heterocycles. The number of halogens is 2. The van der Waals surface area contributed by atoms with E-state index in [4.69, 9.17) is 11.6 Å². The minimum atomic E-state index is -3.86. The normalized spacial score (nSPS) is 12.4. The van der Waals surface area contributed by atoms with Gasteiger partial charge in [-0.25, -0.2) is 12.8 Å². The van der Waals surface area contributed by atoms with Gasteiger partial charge in [-0.2, -0.15) is 0 Å². The molecule has 0 saturated heterocycles. The van der Waals surface area contributed by atoms with Crippen molar-refractivity contribution in [3.63, 3.8) is 0 Å². The fourth-order valence-corrected chi connectivity index (χ4v) is 4.43. The van der Waals surface area contributed by atoms with Gasteiger partial charge in [-0.1, -0.05) is 29.8 Å². The maximum absolute atomic E-state index is 14.3. The Hall–Kier alpha value is -2.65. The average Bonchev–Trinajstić information content (AvgIpc) is 2.70. The van der Waals surface area contributed by atoms with Gasteiger partial charge in [0.2, 0.25) is 21.8 Å². The molecule has 0 fully saturated rings. The second-order valence-electron chi connectivity index (χ2n) is 8.15. The molecule has 0 bridgehead atoms. The first kappa shape index (κ1) is 26.6. The van der Waals surface area contributed by atoms with E-state index < -0.39 is 40.2 Å². The summed E-state index contributed by atoms with van der Waals surface area (Å²) in [7, 11) is -3.86. The third-order valence-corrected chi connectivity index (χ3v) is 6.37. The fourth-order valence-electron chi connectivity index (χ4n) is 3.29. The van der Waals surface area contributed by atoms with Crippen LogP contribution in [0.2, 0.25) is 5.02 Å². The number of sulfonamides is 1. The number of aryl methyl sites for hydroxylation is 1. The lowest BCUT2D eigenvalue weighted by Gasteiger charge is -2.32. The Bertz CT molecular complexity index is 1120. The average molecular weight is 498 g/mol. The Balaban J connectivity index is 2.44. The smallest absolute Gasteiger partial charge is 0.244 e. The molecule has 0 aliphatic carbocycles. The van der Waals surface area contributed by atoms with Crippen LogP contribution < -0.4 is 9.62 Å². The SMILES string of the molecule is Cc1cc(Cl)ccc1N(CC(=O)N(Cc1ccccc1F)[C@@H](C)C(=O)NC(C)C)S(C)(=O)=O. The summed E-state index contributed by atoms with van der Waals surface area (Å²) in [4.78, 5) is 27.2. The Morgan fingerprint density at radius 2 is 1.76 bits per heavy atom. The van der Waals surface area contributed by atoms with Crippen molar-refractivity contribution < 1.29 is 22.4 Å². The van der Waals surface area contributed by atoms with E-state index in [2.05, 4.69) is 5.32 Å². The molecule has 2 amide bonds. The van der Waals surface area contributed by atoms with Crippen molar-refractivity contribution in [2.75, 3.05) is 17.1 Å². The summed E-state index contributed by atoms with van der Waals surface area (Å²) >= 11 is 5.99. The van der Waals surface area contributed by atoms with Gasteiger partial charge in [-0.05, 0) is 57.5 Å². The van der Waals surface area contributed by atoms with Gasteiger partial charge < -0.3 is 10.2 Å². The molecule has 0 aliphatic rings. The summed E-state index contributed by atoms with van der Waals surface area (Å²) in [6, 6.07) is 9.42. The van der Waals surface area contributed by atoms with Gasteiger partial charge in [-0.15, -0.1) is 0 Å². The Labute approximate surface area is 199 Å². The molecular weight excluding hydrogens is 469 g/mol. The maximum Gasteiger partial charge on any atom is 0.244 e. The molecule has 1 N–H and O–H groups in total. The number of carbonyl (C=O) groups is 2. The molecule has 2 aromatic carbocycles. The third kappa shape index (κ3) is 7.17. The zero-order valence-electron chi connectivity index (χ0n) is 19.3. The molecule has 0 unspecified atom stereocenters. The van der Waals surface area contributed by atoms with Crippen molar-refractivity contribution in [2.45, 2.75) is 46.3 Å². The largest absolute Gasteiger partial charge is 0.352 e. The number of hydrogen-bond donors (Lipinski definition) is 1. The molecular formula is C23H29ClFN3O4S. The fraction of sp³-hybridized carbons (Fsp3) is 0.391. The van der Waals surface area contributed by atoms with Crippen molar-refractivity contribution in [2.24, 2.45) is 0 Å². The van der Waals surface area contributed by atoms with Crippen LogP contribution in [0.3, 0.4) is 0 Å². The monoisotopic (exact) mass is 497 g/mol. The number of amides is 2. The van der Waals surface area contributed by atoms with E-state index in [1.165, 1.54) is 42.2 Å². The highest BCUT2D eigenvalue weighted by Gasteiger charge is 2.31. The number of anilines is 1. The first-order valence-corrected chi connectivity index (χ1v) is 12.6. The summed E-state index contributed by atoms with van der Waals surface area (Å²) in [5.41, 5.74) is 1.07. The predicted octanol–water partition coefficient (Wildman–Crippen LogP) is 3.50. The minimum absolute atomic E-state index is 0.172. The molecule has 7 nitrogen and oxygen atoms in total. The number of nitrogens with zero attached hydrogens (tertiary/aromatic N) is 2. The van der Waals surface area contributed by atoms with E-state index in [1.807, 2.05) is 0 Å². The molecule has 1 atom stereocenters. The van der Waals surface area contributed by atoms with E-state index in [1.54, 1.807) is 32.9 Å². The van der Waals surface area contributed by atoms with E-state index in [9.17, 15) is 22.4 Å². The van der Waals surface area contributed by atoms with E-state index in [0.29, 0.717) is 16.3 Å². The van der Waals surface area contributed by atoms with E-state index >= 15 is 0 Å². The lowest BCUT2D eigenvalue weighted by Crippen LogP contribution is -2.52. The second-order valence-corrected chi connectivity index (χ2v) is 10.5. The van der Waals surface area contributed by atoms with Crippen LogP contribution in [0.5, 0.6) is 0 Å². The van der Waals surface area contributed by atoms with Crippen LogP contribution in [0, 0.1) is 12.7 Å². The summed E-state index contributed by atoms with van der Waals surface area (Å²) in [5.74, 6) is -1.60. The second kappa shape index (κ2) is 11.0. The van der Waals surface area contributed by atoms with Crippen LogP contribution >= 0.6 is 11.6 Å². The molecule has 0 aliphatic heterocycles. The highest BCUT2D eigenvalue weighted by molar-refractivity contribution is 7.92. The zero-order valence-corrected chi connectivity index (χ0v) is 20.9. The van der Waals surface area contributed by atoms with Gasteiger partial charge in [0.15, 0.2) is 0 Å². The first-order valence-electron chi connectivity index (χ1n) is 10.4. The quantitative estimate of drug-likeness (QED) is 0.574.